The summed E-state index contributed by atoms with van der Waals surface area (Å²) in [5.41, 5.74) is 1.56. The number of amides is 3. The lowest BCUT2D eigenvalue weighted by Gasteiger charge is -2.09. The zero-order valence-corrected chi connectivity index (χ0v) is 21.1. The van der Waals surface area contributed by atoms with Crippen LogP contribution < -0.4 is 16.0 Å². The van der Waals surface area contributed by atoms with Gasteiger partial charge in [0.25, 0.3) is 5.91 Å². The Morgan fingerprint density at radius 1 is 1.06 bits per heavy atom. The quantitative estimate of drug-likeness (QED) is 0.385. The maximum Gasteiger partial charge on any atom is 0.408 e. The van der Waals surface area contributed by atoms with Crippen LogP contribution in [0.1, 0.15) is 36.8 Å². The van der Waals surface area contributed by atoms with Gasteiger partial charge in [-0.2, -0.15) is 0 Å². The highest BCUT2D eigenvalue weighted by atomic mass is 79.9. The first-order valence-electron chi connectivity index (χ1n) is 11.4. The number of ether oxygens (including phenoxy) is 1. The highest BCUT2D eigenvalue weighted by molar-refractivity contribution is 9.10. The molecular formula is C25H30BrF2N3O4. The Morgan fingerprint density at radius 2 is 1.74 bits per heavy atom. The maximum absolute atomic E-state index is 13.5. The molecule has 3 amide bonds. The van der Waals surface area contributed by atoms with Crippen LogP contribution in [0.4, 0.5) is 13.6 Å². The number of benzene rings is 2. The summed E-state index contributed by atoms with van der Waals surface area (Å²) >= 11 is 3.35. The molecular weight excluding hydrogens is 524 g/mol. The van der Waals surface area contributed by atoms with Crippen LogP contribution >= 0.6 is 15.9 Å². The van der Waals surface area contributed by atoms with E-state index in [1.54, 1.807) is 0 Å². The van der Waals surface area contributed by atoms with Gasteiger partial charge in [-0.15, -0.1) is 0 Å². The Labute approximate surface area is 212 Å². The number of halogens is 3. The minimum Gasteiger partial charge on any atom is -0.434 e. The monoisotopic (exact) mass is 553 g/mol. The summed E-state index contributed by atoms with van der Waals surface area (Å²) in [5, 5.41) is 7.80. The Kier molecular flexibility index (Phi) is 12.2. The lowest BCUT2D eigenvalue weighted by atomic mass is 10.1. The molecule has 0 radical (unpaired) electrons. The lowest BCUT2D eigenvalue weighted by Crippen LogP contribution is -2.37. The van der Waals surface area contributed by atoms with E-state index in [2.05, 4.69) is 50.9 Å². The van der Waals surface area contributed by atoms with Gasteiger partial charge in [0.15, 0.2) is 6.10 Å². The van der Waals surface area contributed by atoms with E-state index in [-0.39, 0.29) is 30.3 Å². The number of carbonyl (C=O) groups is 3. The highest BCUT2D eigenvalue weighted by Crippen LogP contribution is 2.12. The molecule has 3 N–H and O–H groups in total. The molecule has 2 aromatic carbocycles. The summed E-state index contributed by atoms with van der Waals surface area (Å²) in [5.74, 6) is -1.46. The number of cyclic esters (lactones) is 1. The van der Waals surface area contributed by atoms with Crippen LogP contribution in [0.15, 0.2) is 46.9 Å². The van der Waals surface area contributed by atoms with Crippen molar-refractivity contribution in [1.29, 1.82) is 0 Å². The van der Waals surface area contributed by atoms with Crippen molar-refractivity contribution >= 4 is 33.8 Å². The third kappa shape index (κ3) is 11.3. The molecule has 0 aliphatic carbocycles. The van der Waals surface area contributed by atoms with Gasteiger partial charge in [-0.05, 0) is 68.5 Å². The topological polar surface area (TPSA) is 96.5 Å². The molecule has 1 aliphatic rings. The van der Waals surface area contributed by atoms with Crippen molar-refractivity contribution in [3.63, 3.8) is 0 Å². The maximum atomic E-state index is 13.5. The number of unbranched alkanes of at least 4 members (excludes halogenated alkanes) is 1. The Balaban J connectivity index is 0.000000456. The van der Waals surface area contributed by atoms with Gasteiger partial charge >= 0.3 is 6.09 Å². The van der Waals surface area contributed by atoms with Crippen LogP contribution in [0, 0.1) is 18.6 Å². The number of alkyl carbamates (subject to hydrolysis) is 1. The van der Waals surface area contributed by atoms with E-state index in [9.17, 15) is 23.2 Å². The van der Waals surface area contributed by atoms with Gasteiger partial charge in [0.05, 0.1) is 6.54 Å². The molecule has 7 nitrogen and oxygen atoms in total. The van der Waals surface area contributed by atoms with E-state index in [4.69, 9.17) is 4.74 Å². The molecule has 0 aromatic heterocycles. The number of nitrogens with one attached hydrogen (secondary N) is 3. The molecule has 1 fully saturated rings. The number of hydrogen-bond donors (Lipinski definition) is 3. The predicted octanol–water partition coefficient (Wildman–Crippen LogP) is 4.17. The van der Waals surface area contributed by atoms with E-state index in [0.29, 0.717) is 38.8 Å². The molecule has 35 heavy (non-hydrogen) atoms. The summed E-state index contributed by atoms with van der Waals surface area (Å²) in [6.45, 7) is 3.12. The van der Waals surface area contributed by atoms with Gasteiger partial charge in [0.1, 0.15) is 11.6 Å². The Morgan fingerprint density at radius 3 is 2.37 bits per heavy atom. The summed E-state index contributed by atoms with van der Waals surface area (Å²) in [7, 11) is 0. The fourth-order valence-electron chi connectivity index (χ4n) is 3.13. The molecule has 0 spiro atoms. The van der Waals surface area contributed by atoms with E-state index >= 15 is 0 Å². The second-order valence-corrected chi connectivity index (χ2v) is 8.92. The fourth-order valence-corrected chi connectivity index (χ4v) is 3.40. The minimum atomic E-state index is -0.792. The largest absolute Gasteiger partial charge is 0.434 e. The van der Waals surface area contributed by atoms with Crippen molar-refractivity contribution in [2.24, 2.45) is 0 Å². The average Bonchev–Trinajstić information content (AvgIpc) is 3.27. The van der Waals surface area contributed by atoms with Crippen LogP contribution in [0.25, 0.3) is 0 Å². The summed E-state index contributed by atoms with van der Waals surface area (Å²) in [4.78, 5) is 34.2. The molecule has 10 heteroatoms. The van der Waals surface area contributed by atoms with Gasteiger partial charge < -0.3 is 20.7 Å². The smallest absolute Gasteiger partial charge is 0.408 e. The van der Waals surface area contributed by atoms with Crippen molar-refractivity contribution in [1.82, 2.24) is 16.0 Å². The first-order valence-corrected chi connectivity index (χ1v) is 12.2. The van der Waals surface area contributed by atoms with Gasteiger partial charge in [-0.3, -0.25) is 9.59 Å². The van der Waals surface area contributed by atoms with Crippen molar-refractivity contribution in [3.8, 4) is 0 Å². The second kappa shape index (κ2) is 15.1. The molecule has 1 aliphatic heterocycles. The standard InChI is InChI=1S/C18H23F2N3O4.C7H7Br/c19-13-6-7-14(20)12(10-13)4-3-5-16(24)21-8-1-2-9-22-17(25)15-11-23-18(26)27-15;1-6-2-4-7(8)5-3-6/h6-7,10,15H,1-5,8-9,11H2,(H,21,24)(H,22,25)(H,23,26);2-5H,1H3/t15-;/m0./s1. The molecule has 1 heterocycles. The van der Waals surface area contributed by atoms with E-state index < -0.39 is 23.8 Å². The normalized spacial score (nSPS) is 14.3. The molecule has 2 aromatic rings. The van der Waals surface area contributed by atoms with Crippen LogP contribution in [0.5, 0.6) is 0 Å². The molecule has 190 valence electrons. The molecule has 0 bridgehead atoms. The van der Waals surface area contributed by atoms with Gasteiger partial charge in [0.2, 0.25) is 5.91 Å². The van der Waals surface area contributed by atoms with Crippen LogP contribution in [-0.2, 0) is 20.7 Å². The van der Waals surface area contributed by atoms with E-state index in [0.717, 1.165) is 22.7 Å². The van der Waals surface area contributed by atoms with Crippen molar-refractivity contribution in [3.05, 3.63) is 69.7 Å². The number of aryl methyl sites for hydroxylation is 2. The third-order valence-corrected chi connectivity index (χ3v) is 5.60. The van der Waals surface area contributed by atoms with E-state index in [1.165, 1.54) is 5.56 Å². The fraction of sp³-hybridized carbons (Fsp3) is 0.400. The summed E-state index contributed by atoms with van der Waals surface area (Å²) in [6, 6.07) is 11.5. The van der Waals surface area contributed by atoms with Gasteiger partial charge in [-0.25, -0.2) is 13.6 Å². The Bertz CT molecular complexity index is 968. The third-order valence-electron chi connectivity index (χ3n) is 5.07. The molecule has 1 atom stereocenters. The van der Waals surface area contributed by atoms with E-state index in [1.807, 2.05) is 12.1 Å². The number of carbonyl (C=O) groups excluding carboxylic acids is 3. The van der Waals surface area contributed by atoms with Crippen LogP contribution in [0.3, 0.4) is 0 Å². The van der Waals surface area contributed by atoms with Crippen molar-refractivity contribution < 1.29 is 27.9 Å². The van der Waals surface area contributed by atoms with Gasteiger partial charge in [-0.1, -0.05) is 33.6 Å². The Hall–Kier alpha value is -3.01. The number of rotatable bonds is 10. The average molecular weight is 554 g/mol. The predicted molar refractivity (Wildman–Crippen MR) is 132 cm³/mol. The molecule has 3 rings (SSSR count). The van der Waals surface area contributed by atoms with Crippen LogP contribution in [0.2, 0.25) is 0 Å². The molecule has 0 unspecified atom stereocenters. The highest BCUT2D eigenvalue weighted by Gasteiger charge is 2.28. The SMILES string of the molecule is Cc1ccc(Br)cc1.O=C(CCCc1cc(F)ccc1F)NCCCCNC(=O)[C@@H]1CNC(=O)O1. The molecule has 1 saturated heterocycles. The first-order chi connectivity index (χ1) is 16.7. The summed E-state index contributed by atoms with van der Waals surface area (Å²) < 4.78 is 32.4. The van der Waals surface area contributed by atoms with Crippen LogP contribution in [-0.4, -0.2) is 43.6 Å². The minimum absolute atomic E-state index is 0.153. The number of hydrogen-bond acceptors (Lipinski definition) is 4. The first kappa shape index (κ1) is 28.2. The zero-order chi connectivity index (χ0) is 25.6. The van der Waals surface area contributed by atoms with Crippen molar-refractivity contribution in [2.75, 3.05) is 19.6 Å². The molecule has 0 saturated carbocycles. The summed E-state index contributed by atoms with van der Waals surface area (Å²) in [6.07, 6.45) is 0.896. The second-order valence-electron chi connectivity index (χ2n) is 8.01. The van der Waals surface area contributed by atoms with Gasteiger partial charge in [0, 0.05) is 24.0 Å². The van der Waals surface area contributed by atoms with Crippen molar-refractivity contribution in [2.45, 2.75) is 45.1 Å². The zero-order valence-electron chi connectivity index (χ0n) is 19.5. The lowest BCUT2D eigenvalue weighted by molar-refractivity contribution is -0.127.